The van der Waals surface area contributed by atoms with Crippen LogP contribution in [0.4, 0.5) is 5.69 Å². The van der Waals surface area contributed by atoms with E-state index in [1.54, 1.807) is 0 Å². The van der Waals surface area contributed by atoms with Gasteiger partial charge in [-0.15, -0.1) is 0 Å². The maximum absolute atomic E-state index is 13.0. The molecular formula is C25H28N4O2. The summed E-state index contributed by atoms with van der Waals surface area (Å²) in [7, 11) is 0. The fourth-order valence-corrected chi connectivity index (χ4v) is 5.01. The van der Waals surface area contributed by atoms with Gasteiger partial charge < -0.3 is 14.4 Å². The molecule has 2 aromatic carbocycles. The first kappa shape index (κ1) is 19.8. The maximum Gasteiger partial charge on any atom is 0.242 e. The van der Waals surface area contributed by atoms with Gasteiger partial charge in [-0.25, -0.2) is 4.98 Å². The lowest BCUT2D eigenvalue weighted by Crippen LogP contribution is -2.32. The smallest absolute Gasteiger partial charge is 0.242 e. The average molecular weight is 417 g/mol. The van der Waals surface area contributed by atoms with Crippen molar-refractivity contribution in [3.8, 4) is 0 Å². The number of nitrogens with zero attached hydrogens (tertiary/aromatic N) is 4. The van der Waals surface area contributed by atoms with Crippen LogP contribution in [0.5, 0.6) is 0 Å². The summed E-state index contributed by atoms with van der Waals surface area (Å²) in [5.74, 6) is 1.05. The predicted molar refractivity (Wildman–Crippen MR) is 121 cm³/mol. The van der Waals surface area contributed by atoms with Gasteiger partial charge in [-0.05, 0) is 62.1 Å². The minimum Gasteiger partial charge on any atom is -0.341 e. The third kappa shape index (κ3) is 3.71. The lowest BCUT2D eigenvalue weighted by atomic mass is 10.1. The monoisotopic (exact) mass is 416 g/mol. The van der Waals surface area contributed by atoms with Crippen LogP contribution < -0.4 is 4.90 Å². The molecule has 2 saturated heterocycles. The minimum absolute atomic E-state index is 0.0351. The number of para-hydroxylation sites is 2. The van der Waals surface area contributed by atoms with E-state index >= 15 is 0 Å². The van der Waals surface area contributed by atoms with Crippen molar-refractivity contribution >= 4 is 28.5 Å². The van der Waals surface area contributed by atoms with Crippen molar-refractivity contribution in [3.05, 3.63) is 59.4 Å². The number of hydrogen-bond acceptors (Lipinski definition) is 3. The van der Waals surface area contributed by atoms with Crippen LogP contribution in [0, 0.1) is 13.8 Å². The van der Waals surface area contributed by atoms with Crippen molar-refractivity contribution in [1.82, 2.24) is 14.5 Å². The molecule has 6 heteroatoms. The van der Waals surface area contributed by atoms with Gasteiger partial charge >= 0.3 is 0 Å². The molecule has 0 bridgehead atoms. The maximum atomic E-state index is 13.0. The summed E-state index contributed by atoms with van der Waals surface area (Å²) in [6, 6.07) is 14.2. The number of carbonyl (C=O) groups excluding carboxylic acids is 2. The molecule has 3 aromatic rings. The molecular weight excluding hydrogens is 388 g/mol. The first-order valence-corrected chi connectivity index (χ1v) is 11.1. The highest BCUT2D eigenvalue weighted by atomic mass is 16.2. The predicted octanol–water partition coefficient (Wildman–Crippen LogP) is 3.80. The van der Waals surface area contributed by atoms with E-state index in [1.165, 1.54) is 0 Å². The number of aryl methyl sites for hydroxylation is 2. The van der Waals surface area contributed by atoms with E-state index < -0.39 is 0 Å². The van der Waals surface area contributed by atoms with Gasteiger partial charge in [0.15, 0.2) is 0 Å². The van der Waals surface area contributed by atoms with E-state index in [1.807, 2.05) is 38.6 Å². The Bertz CT molecular complexity index is 1140. The number of anilines is 1. The molecule has 1 atom stereocenters. The SMILES string of the molecule is Cc1cc(C)cc(N2CC(c3nc4ccccc4n3CC(=O)N3CCCC3)CC2=O)c1. The molecule has 2 aliphatic heterocycles. The number of amides is 2. The zero-order valence-corrected chi connectivity index (χ0v) is 18.2. The van der Waals surface area contributed by atoms with E-state index in [2.05, 4.69) is 32.0 Å². The molecule has 0 saturated carbocycles. The summed E-state index contributed by atoms with van der Waals surface area (Å²) in [6.07, 6.45) is 2.56. The summed E-state index contributed by atoms with van der Waals surface area (Å²) < 4.78 is 2.04. The first-order chi connectivity index (χ1) is 15.0. The van der Waals surface area contributed by atoms with E-state index in [0.717, 1.165) is 59.6 Å². The molecule has 0 spiro atoms. The van der Waals surface area contributed by atoms with Crippen LogP contribution in [-0.4, -0.2) is 45.9 Å². The molecule has 0 N–H and O–H groups in total. The third-order valence-corrected chi connectivity index (χ3v) is 6.44. The highest BCUT2D eigenvalue weighted by molar-refractivity contribution is 5.96. The normalized spacial score (nSPS) is 19.0. The number of benzene rings is 2. The Morgan fingerprint density at radius 3 is 2.52 bits per heavy atom. The van der Waals surface area contributed by atoms with E-state index in [4.69, 9.17) is 4.98 Å². The summed E-state index contributed by atoms with van der Waals surface area (Å²) in [5, 5.41) is 0. The third-order valence-electron chi connectivity index (χ3n) is 6.44. The quantitative estimate of drug-likeness (QED) is 0.650. The molecule has 2 aliphatic rings. The molecule has 160 valence electrons. The Labute approximate surface area is 182 Å². The van der Waals surface area contributed by atoms with Crippen LogP contribution in [0.15, 0.2) is 42.5 Å². The molecule has 6 nitrogen and oxygen atoms in total. The molecule has 5 rings (SSSR count). The van der Waals surface area contributed by atoms with E-state index in [9.17, 15) is 9.59 Å². The Kier molecular flexibility index (Phi) is 5.00. The van der Waals surface area contributed by atoms with Crippen molar-refractivity contribution in [2.24, 2.45) is 0 Å². The standard InChI is InChI=1S/C25H28N4O2/c1-17-11-18(2)13-20(12-17)28-15-19(14-23(28)30)25-26-21-7-3-4-8-22(21)29(25)16-24(31)27-9-5-6-10-27/h3-4,7-8,11-13,19H,5-6,9-10,14-16H2,1-2H3. The van der Waals surface area contributed by atoms with Crippen molar-refractivity contribution < 1.29 is 9.59 Å². The first-order valence-electron chi connectivity index (χ1n) is 11.1. The zero-order chi connectivity index (χ0) is 21.5. The second-order valence-corrected chi connectivity index (χ2v) is 8.88. The second-order valence-electron chi connectivity index (χ2n) is 8.88. The van der Waals surface area contributed by atoms with Gasteiger partial charge in [-0.1, -0.05) is 18.2 Å². The molecule has 2 amide bonds. The second kappa shape index (κ2) is 7.84. The van der Waals surface area contributed by atoms with E-state index in [-0.39, 0.29) is 24.3 Å². The number of fused-ring (bicyclic) bond motifs is 1. The molecule has 1 unspecified atom stereocenters. The summed E-state index contributed by atoms with van der Waals surface area (Å²) >= 11 is 0. The number of carbonyl (C=O) groups is 2. The number of aromatic nitrogens is 2. The fraction of sp³-hybridized carbons (Fsp3) is 0.400. The number of rotatable bonds is 4. The lowest BCUT2D eigenvalue weighted by molar-refractivity contribution is -0.130. The number of likely N-dealkylation sites (tertiary alicyclic amines) is 1. The topological polar surface area (TPSA) is 58.4 Å². The molecule has 0 aliphatic carbocycles. The van der Waals surface area contributed by atoms with Crippen molar-refractivity contribution in [2.45, 2.75) is 45.6 Å². The van der Waals surface area contributed by atoms with Gasteiger partial charge in [0.25, 0.3) is 0 Å². The summed E-state index contributed by atoms with van der Waals surface area (Å²) in [5.41, 5.74) is 5.08. The van der Waals surface area contributed by atoms with Gasteiger partial charge in [-0.3, -0.25) is 9.59 Å². The average Bonchev–Trinajstić information content (AvgIpc) is 3.46. The highest BCUT2D eigenvalue weighted by Crippen LogP contribution is 2.34. The largest absolute Gasteiger partial charge is 0.341 e. The minimum atomic E-state index is -0.0351. The van der Waals surface area contributed by atoms with Crippen LogP contribution >= 0.6 is 0 Å². The molecule has 31 heavy (non-hydrogen) atoms. The van der Waals surface area contributed by atoms with Gasteiger partial charge in [0.05, 0.1) is 11.0 Å². The molecule has 2 fully saturated rings. The molecule has 1 aromatic heterocycles. The Balaban J connectivity index is 1.48. The number of hydrogen-bond donors (Lipinski definition) is 0. The molecule has 0 radical (unpaired) electrons. The van der Waals surface area contributed by atoms with Gasteiger partial charge in [0.2, 0.25) is 11.8 Å². The Hall–Kier alpha value is -3.15. The van der Waals surface area contributed by atoms with Crippen molar-refractivity contribution in [1.29, 1.82) is 0 Å². The van der Waals surface area contributed by atoms with Crippen LogP contribution in [0.2, 0.25) is 0 Å². The van der Waals surface area contributed by atoms with Crippen LogP contribution in [0.1, 0.15) is 42.1 Å². The van der Waals surface area contributed by atoms with Crippen LogP contribution in [0.3, 0.4) is 0 Å². The molecule has 3 heterocycles. The van der Waals surface area contributed by atoms with E-state index in [0.29, 0.717) is 13.0 Å². The highest BCUT2D eigenvalue weighted by Gasteiger charge is 2.35. The number of imidazole rings is 1. The van der Waals surface area contributed by atoms with Crippen LogP contribution in [0.25, 0.3) is 11.0 Å². The van der Waals surface area contributed by atoms with Gasteiger partial charge in [0.1, 0.15) is 12.4 Å². The van der Waals surface area contributed by atoms with Crippen LogP contribution in [-0.2, 0) is 16.1 Å². The van der Waals surface area contributed by atoms with Crippen molar-refractivity contribution in [3.63, 3.8) is 0 Å². The lowest BCUT2D eigenvalue weighted by Gasteiger charge is -2.20. The van der Waals surface area contributed by atoms with Crippen molar-refractivity contribution in [2.75, 3.05) is 24.5 Å². The Morgan fingerprint density at radius 1 is 1.06 bits per heavy atom. The zero-order valence-electron chi connectivity index (χ0n) is 18.2. The summed E-state index contributed by atoms with van der Waals surface area (Å²) in [4.78, 5) is 34.6. The summed E-state index contributed by atoms with van der Waals surface area (Å²) in [6.45, 7) is 6.65. The fourth-order valence-electron chi connectivity index (χ4n) is 5.01. The Morgan fingerprint density at radius 2 is 1.77 bits per heavy atom. The van der Waals surface area contributed by atoms with Gasteiger partial charge in [-0.2, -0.15) is 0 Å². The van der Waals surface area contributed by atoms with Gasteiger partial charge in [0, 0.05) is 37.7 Å².